The fraction of sp³-hybridized carbons (Fsp3) is 0.400. The highest BCUT2D eigenvalue weighted by atomic mass is 33.1. The third-order valence-corrected chi connectivity index (χ3v) is 3.42. The molecule has 0 aliphatic rings. The first-order chi connectivity index (χ1) is 8.88. The van der Waals surface area contributed by atoms with Gasteiger partial charge in [-0.25, -0.2) is 9.59 Å². The topological polar surface area (TPSA) is 109 Å². The molecule has 0 aliphatic heterocycles. The van der Waals surface area contributed by atoms with Crippen molar-refractivity contribution in [2.24, 2.45) is 0 Å². The average molecular weight is 304 g/mol. The fourth-order valence-electron chi connectivity index (χ4n) is 1.51. The monoisotopic (exact) mass is 304 g/mol. The van der Waals surface area contributed by atoms with E-state index < -0.39 is 29.0 Å². The van der Waals surface area contributed by atoms with E-state index in [1.165, 1.54) is 6.92 Å². The maximum Gasteiger partial charge on any atom is 0.329 e. The first-order valence-corrected chi connectivity index (χ1v) is 7.27. The van der Waals surface area contributed by atoms with Crippen LogP contribution in [0.5, 0.6) is 0 Å². The summed E-state index contributed by atoms with van der Waals surface area (Å²) in [6.45, 7) is 1.17. The van der Waals surface area contributed by atoms with Gasteiger partial charge >= 0.3 is 11.7 Å². The number of nitrogens with zero attached hydrogens (tertiary/aromatic N) is 1. The minimum Gasteiger partial charge on any atom is -0.480 e. The molecule has 0 amide bonds. The molecule has 1 atom stereocenters. The van der Waals surface area contributed by atoms with Gasteiger partial charge in [0, 0.05) is 11.9 Å². The van der Waals surface area contributed by atoms with E-state index in [0.717, 1.165) is 21.6 Å². The number of carboxylic acids is 1. The Hall–Kier alpha value is -1.48. The number of ketones is 1. The average Bonchev–Trinajstić information content (AvgIpc) is 2.30. The van der Waals surface area contributed by atoms with Crippen molar-refractivity contribution in [3.8, 4) is 0 Å². The summed E-state index contributed by atoms with van der Waals surface area (Å²) in [4.78, 5) is 47.4. The lowest BCUT2D eigenvalue weighted by atomic mass is 10.2. The zero-order valence-corrected chi connectivity index (χ0v) is 11.7. The van der Waals surface area contributed by atoms with Crippen molar-refractivity contribution in [2.75, 3.05) is 5.75 Å². The SMILES string of the molecule is CC(=O)c1cn(C(CCSS)C(=O)O)c(=O)[nH]c1=O. The summed E-state index contributed by atoms with van der Waals surface area (Å²) >= 11 is 3.90. The predicted molar refractivity (Wildman–Crippen MR) is 74.1 cm³/mol. The van der Waals surface area contributed by atoms with E-state index in [9.17, 15) is 19.2 Å². The summed E-state index contributed by atoms with van der Waals surface area (Å²) in [5, 5.41) is 9.11. The minimum atomic E-state index is -1.22. The van der Waals surface area contributed by atoms with Crippen LogP contribution >= 0.6 is 22.5 Å². The second-order valence-electron chi connectivity index (χ2n) is 3.74. The number of thiol groups is 1. The van der Waals surface area contributed by atoms with Crippen molar-refractivity contribution in [1.82, 2.24) is 9.55 Å². The third kappa shape index (κ3) is 3.74. The number of Topliss-reactive ketones (excluding diaryl/α,β-unsaturated/α-hetero) is 1. The van der Waals surface area contributed by atoms with E-state index in [0.29, 0.717) is 5.75 Å². The summed E-state index contributed by atoms with van der Waals surface area (Å²) in [5.41, 5.74) is -1.92. The molecule has 7 nitrogen and oxygen atoms in total. The standard InChI is InChI=1S/C10H12N2O5S2/c1-5(13)6-4-12(10(17)11-8(6)14)7(9(15)16)2-3-19-18/h4,7,18H,2-3H2,1H3,(H,15,16)(H,11,14,17). The van der Waals surface area contributed by atoms with Crippen LogP contribution in [0.4, 0.5) is 0 Å². The highest BCUT2D eigenvalue weighted by molar-refractivity contribution is 8.68. The number of rotatable bonds is 6. The normalized spacial score (nSPS) is 12.1. The van der Waals surface area contributed by atoms with Gasteiger partial charge in [-0.15, -0.1) is 11.7 Å². The largest absolute Gasteiger partial charge is 0.480 e. The van der Waals surface area contributed by atoms with Crippen LogP contribution in [0, 0.1) is 0 Å². The summed E-state index contributed by atoms with van der Waals surface area (Å²) in [6.07, 6.45) is 1.14. The van der Waals surface area contributed by atoms with Gasteiger partial charge in [0.1, 0.15) is 6.04 Å². The van der Waals surface area contributed by atoms with Crippen molar-refractivity contribution >= 4 is 34.2 Å². The summed E-state index contributed by atoms with van der Waals surface area (Å²) in [7, 11) is 1.14. The molecule has 0 aromatic carbocycles. The molecule has 0 bridgehead atoms. The van der Waals surface area contributed by atoms with Gasteiger partial charge in [0.05, 0.1) is 5.56 Å². The molecule has 0 radical (unpaired) electrons. The third-order valence-electron chi connectivity index (χ3n) is 2.45. The smallest absolute Gasteiger partial charge is 0.329 e. The van der Waals surface area contributed by atoms with Crippen molar-refractivity contribution in [3.05, 3.63) is 32.6 Å². The molecule has 0 fully saturated rings. The molecular weight excluding hydrogens is 292 g/mol. The molecule has 0 aliphatic carbocycles. The predicted octanol–water partition coefficient (Wildman–Crippen LogP) is 0.333. The molecule has 1 rings (SSSR count). The van der Waals surface area contributed by atoms with Gasteiger partial charge in [-0.2, -0.15) is 0 Å². The lowest BCUT2D eigenvalue weighted by molar-refractivity contribution is -0.141. The Morgan fingerprint density at radius 1 is 1.53 bits per heavy atom. The van der Waals surface area contributed by atoms with E-state index in [1.807, 2.05) is 4.98 Å². The Kier molecular flexibility index (Phi) is 5.43. The van der Waals surface area contributed by atoms with E-state index in [2.05, 4.69) is 11.7 Å². The van der Waals surface area contributed by atoms with E-state index in [4.69, 9.17) is 5.11 Å². The summed E-state index contributed by atoms with van der Waals surface area (Å²) < 4.78 is 0.852. The van der Waals surface area contributed by atoms with Gasteiger partial charge in [0.15, 0.2) is 5.78 Å². The van der Waals surface area contributed by atoms with Gasteiger partial charge in [0.2, 0.25) is 0 Å². The van der Waals surface area contributed by atoms with Crippen LogP contribution in [0.25, 0.3) is 0 Å². The van der Waals surface area contributed by atoms with E-state index in [1.54, 1.807) is 0 Å². The number of hydrogen-bond acceptors (Lipinski definition) is 6. The molecule has 1 heterocycles. The molecule has 1 unspecified atom stereocenters. The first-order valence-electron chi connectivity index (χ1n) is 5.24. The van der Waals surface area contributed by atoms with Crippen LogP contribution in [0.3, 0.4) is 0 Å². The molecule has 19 heavy (non-hydrogen) atoms. The van der Waals surface area contributed by atoms with Gasteiger partial charge in [0.25, 0.3) is 5.56 Å². The molecule has 1 aromatic heterocycles. The van der Waals surface area contributed by atoms with Gasteiger partial charge in [-0.3, -0.25) is 19.1 Å². The number of nitrogens with one attached hydrogen (secondary N) is 1. The molecule has 1 aromatic rings. The Labute approximate surface area is 116 Å². The molecule has 0 saturated heterocycles. The first kappa shape index (κ1) is 15.6. The number of aliphatic carboxylic acids is 1. The van der Waals surface area contributed by atoms with E-state index >= 15 is 0 Å². The maximum atomic E-state index is 11.6. The van der Waals surface area contributed by atoms with Crippen molar-refractivity contribution in [1.29, 1.82) is 0 Å². The van der Waals surface area contributed by atoms with Crippen LogP contribution in [-0.4, -0.2) is 32.2 Å². The minimum absolute atomic E-state index is 0.146. The van der Waals surface area contributed by atoms with Gasteiger partial charge in [-0.05, 0) is 13.3 Å². The molecular formula is C10H12N2O5S2. The Bertz CT molecular complexity index is 607. The van der Waals surface area contributed by atoms with Crippen LogP contribution in [0.15, 0.2) is 15.8 Å². The molecule has 2 N–H and O–H groups in total. The fourth-order valence-corrected chi connectivity index (χ4v) is 2.16. The van der Waals surface area contributed by atoms with Crippen molar-refractivity contribution in [2.45, 2.75) is 19.4 Å². The van der Waals surface area contributed by atoms with Gasteiger partial charge < -0.3 is 5.11 Å². The van der Waals surface area contributed by atoms with E-state index in [-0.39, 0.29) is 12.0 Å². The Morgan fingerprint density at radius 3 is 2.63 bits per heavy atom. The Balaban J connectivity index is 3.34. The molecule has 104 valence electrons. The van der Waals surface area contributed by atoms with Gasteiger partial charge in [-0.1, -0.05) is 10.8 Å². The highest BCUT2D eigenvalue weighted by Crippen LogP contribution is 2.16. The number of carbonyl (C=O) groups excluding carboxylic acids is 1. The lowest BCUT2D eigenvalue weighted by Gasteiger charge is -2.14. The second-order valence-corrected chi connectivity index (χ2v) is 5.18. The molecule has 0 saturated carbocycles. The number of H-pyrrole nitrogens is 1. The zero-order valence-electron chi connectivity index (χ0n) is 9.95. The van der Waals surface area contributed by atoms with Crippen molar-refractivity contribution < 1.29 is 14.7 Å². The summed E-state index contributed by atoms with van der Waals surface area (Å²) in [5.74, 6) is -1.35. The van der Waals surface area contributed by atoms with Crippen LogP contribution in [-0.2, 0) is 4.79 Å². The quantitative estimate of drug-likeness (QED) is 0.397. The number of carbonyl (C=O) groups is 2. The van der Waals surface area contributed by atoms with Crippen LogP contribution in [0.1, 0.15) is 29.7 Å². The number of aromatic nitrogens is 2. The lowest BCUT2D eigenvalue weighted by Crippen LogP contribution is -2.37. The maximum absolute atomic E-state index is 11.6. The molecule has 0 spiro atoms. The highest BCUT2D eigenvalue weighted by Gasteiger charge is 2.22. The number of aromatic amines is 1. The van der Waals surface area contributed by atoms with Crippen LogP contribution < -0.4 is 11.2 Å². The zero-order chi connectivity index (χ0) is 14.6. The summed E-state index contributed by atoms with van der Waals surface area (Å²) in [6, 6.07) is -1.15. The number of carboxylic acid groups (broad SMARTS) is 1. The van der Waals surface area contributed by atoms with Crippen molar-refractivity contribution in [3.63, 3.8) is 0 Å². The number of hydrogen-bond donors (Lipinski definition) is 3. The Morgan fingerprint density at radius 2 is 2.16 bits per heavy atom. The second kappa shape index (κ2) is 6.62. The molecule has 9 heteroatoms. The van der Waals surface area contributed by atoms with Crippen LogP contribution in [0.2, 0.25) is 0 Å².